The van der Waals surface area contributed by atoms with E-state index >= 15 is 0 Å². The zero-order valence-corrected chi connectivity index (χ0v) is 8.86. The standard InChI is InChI=1S/C10H17NO4/c1-2-8(10(13)14)11-9(12)6-7-4-3-5-15-7/h7-8H,2-6H2,1H3,(H,11,12)(H,13,14)/t7?,8-/m0/s1. The van der Waals surface area contributed by atoms with Crippen molar-refractivity contribution in [2.75, 3.05) is 6.61 Å². The molecule has 0 saturated carbocycles. The van der Waals surface area contributed by atoms with Crippen molar-refractivity contribution >= 4 is 11.9 Å². The van der Waals surface area contributed by atoms with E-state index in [1.807, 2.05) is 0 Å². The molecule has 0 aromatic rings. The molecule has 0 aliphatic carbocycles. The predicted octanol–water partition coefficient (Wildman–Crippen LogP) is 0.535. The molecule has 1 heterocycles. The van der Waals surface area contributed by atoms with Crippen LogP contribution in [0.1, 0.15) is 32.6 Å². The maximum Gasteiger partial charge on any atom is 0.326 e. The molecular formula is C10H17NO4. The van der Waals surface area contributed by atoms with Crippen LogP contribution in [-0.2, 0) is 14.3 Å². The third-order valence-electron chi connectivity index (χ3n) is 2.48. The lowest BCUT2D eigenvalue weighted by atomic mass is 10.1. The van der Waals surface area contributed by atoms with Gasteiger partial charge >= 0.3 is 5.97 Å². The second kappa shape index (κ2) is 5.70. The average Bonchev–Trinajstić information content (AvgIpc) is 2.66. The number of carbonyl (C=O) groups is 2. The second-order valence-corrected chi connectivity index (χ2v) is 3.71. The van der Waals surface area contributed by atoms with Gasteiger partial charge in [0.15, 0.2) is 0 Å². The van der Waals surface area contributed by atoms with Gasteiger partial charge < -0.3 is 15.2 Å². The Hall–Kier alpha value is -1.10. The highest BCUT2D eigenvalue weighted by Crippen LogP contribution is 2.15. The molecule has 5 nitrogen and oxygen atoms in total. The molecule has 0 spiro atoms. The van der Waals surface area contributed by atoms with Crippen molar-refractivity contribution in [3.63, 3.8) is 0 Å². The number of carboxylic acids is 1. The molecule has 15 heavy (non-hydrogen) atoms. The molecule has 2 N–H and O–H groups in total. The van der Waals surface area contributed by atoms with Crippen molar-refractivity contribution in [1.29, 1.82) is 0 Å². The molecule has 1 fully saturated rings. The molecule has 86 valence electrons. The number of nitrogens with one attached hydrogen (secondary N) is 1. The fraction of sp³-hybridized carbons (Fsp3) is 0.800. The molecule has 1 aliphatic heterocycles. The van der Waals surface area contributed by atoms with E-state index < -0.39 is 12.0 Å². The molecule has 1 rings (SSSR count). The predicted molar refractivity (Wildman–Crippen MR) is 53.4 cm³/mol. The van der Waals surface area contributed by atoms with Crippen LogP contribution >= 0.6 is 0 Å². The molecule has 5 heteroatoms. The zero-order chi connectivity index (χ0) is 11.3. The fourth-order valence-electron chi connectivity index (χ4n) is 1.60. The van der Waals surface area contributed by atoms with Crippen LogP contribution < -0.4 is 5.32 Å². The van der Waals surface area contributed by atoms with Crippen LogP contribution in [0.25, 0.3) is 0 Å². The first-order valence-electron chi connectivity index (χ1n) is 5.27. The first-order chi connectivity index (χ1) is 7.13. The van der Waals surface area contributed by atoms with Crippen molar-refractivity contribution in [2.45, 2.75) is 44.8 Å². The monoisotopic (exact) mass is 215 g/mol. The van der Waals surface area contributed by atoms with Gasteiger partial charge in [0, 0.05) is 6.61 Å². The molecule has 1 saturated heterocycles. The Morgan fingerprint density at radius 3 is 2.80 bits per heavy atom. The van der Waals surface area contributed by atoms with Gasteiger partial charge in [-0.3, -0.25) is 4.79 Å². The Morgan fingerprint density at radius 2 is 2.33 bits per heavy atom. The van der Waals surface area contributed by atoms with Crippen LogP contribution in [0.15, 0.2) is 0 Å². The average molecular weight is 215 g/mol. The SMILES string of the molecule is CC[C@H](NC(=O)CC1CCCO1)C(=O)O. The molecule has 1 amide bonds. The van der Waals surface area contributed by atoms with Gasteiger partial charge in [-0.05, 0) is 19.3 Å². The number of ether oxygens (including phenoxy) is 1. The summed E-state index contributed by atoms with van der Waals surface area (Å²) in [6.07, 6.45) is 2.50. The highest BCUT2D eigenvalue weighted by Gasteiger charge is 2.22. The fourth-order valence-corrected chi connectivity index (χ4v) is 1.60. The number of carboxylic acid groups (broad SMARTS) is 1. The maximum absolute atomic E-state index is 11.4. The first-order valence-corrected chi connectivity index (χ1v) is 5.27. The highest BCUT2D eigenvalue weighted by molar-refractivity contribution is 5.83. The van der Waals surface area contributed by atoms with Crippen molar-refractivity contribution in [3.05, 3.63) is 0 Å². The summed E-state index contributed by atoms with van der Waals surface area (Å²) in [5, 5.41) is 11.2. The van der Waals surface area contributed by atoms with E-state index in [-0.39, 0.29) is 18.4 Å². The highest BCUT2D eigenvalue weighted by atomic mass is 16.5. The third-order valence-corrected chi connectivity index (χ3v) is 2.48. The van der Waals surface area contributed by atoms with Crippen LogP contribution in [0.4, 0.5) is 0 Å². The number of rotatable bonds is 5. The van der Waals surface area contributed by atoms with Gasteiger partial charge in [0.1, 0.15) is 6.04 Å². The lowest BCUT2D eigenvalue weighted by Crippen LogP contribution is -2.41. The van der Waals surface area contributed by atoms with Crippen LogP contribution in [0.2, 0.25) is 0 Å². The summed E-state index contributed by atoms with van der Waals surface area (Å²) in [5.41, 5.74) is 0. The topological polar surface area (TPSA) is 75.6 Å². The Morgan fingerprint density at radius 1 is 1.60 bits per heavy atom. The molecule has 2 atom stereocenters. The van der Waals surface area contributed by atoms with Gasteiger partial charge in [-0.2, -0.15) is 0 Å². The normalized spacial score (nSPS) is 22.3. The van der Waals surface area contributed by atoms with Crippen molar-refractivity contribution in [2.24, 2.45) is 0 Å². The second-order valence-electron chi connectivity index (χ2n) is 3.71. The summed E-state index contributed by atoms with van der Waals surface area (Å²) < 4.78 is 5.29. The minimum Gasteiger partial charge on any atom is -0.480 e. The van der Waals surface area contributed by atoms with Crippen LogP contribution in [0.5, 0.6) is 0 Å². The number of aliphatic carboxylic acids is 1. The summed E-state index contributed by atoms with van der Waals surface area (Å²) in [6.45, 7) is 2.43. The summed E-state index contributed by atoms with van der Waals surface area (Å²) in [4.78, 5) is 22.1. The maximum atomic E-state index is 11.4. The lowest BCUT2D eigenvalue weighted by molar-refractivity contribution is -0.142. The molecular weight excluding hydrogens is 198 g/mol. The largest absolute Gasteiger partial charge is 0.480 e. The van der Waals surface area contributed by atoms with E-state index in [9.17, 15) is 9.59 Å². The van der Waals surface area contributed by atoms with E-state index in [1.165, 1.54) is 0 Å². The summed E-state index contributed by atoms with van der Waals surface area (Å²) in [6, 6.07) is -0.779. The Kier molecular flexibility index (Phi) is 4.55. The summed E-state index contributed by atoms with van der Waals surface area (Å²) in [7, 11) is 0. The smallest absolute Gasteiger partial charge is 0.326 e. The van der Waals surface area contributed by atoms with Crippen LogP contribution in [0.3, 0.4) is 0 Å². The summed E-state index contributed by atoms with van der Waals surface area (Å²) in [5.74, 6) is -1.23. The minimum atomic E-state index is -0.988. The number of hydrogen-bond donors (Lipinski definition) is 2. The molecule has 1 unspecified atom stereocenters. The molecule has 0 aromatic carbocycles. The van der Waals surface area contributed by atoms with Gasteiger partial charge in [-0.1, -0.05) is 6.92 Å². The van der Waals surface area contributed by atoms with Gasteiger partial charge in [0.25, 0.3) is 0 Å². The molecule has 0 radical (unpaired) electrons. The van der Waals surface area contributed by atoms with Gasteiger partial charge in [-0.15, -0.1) is 0 Å². The third kappa shape index (κ3) is 3.87. The van der Waals surface area contributed by atoms with Crippen LogP contribution in [-0.4, -0.2) is 35.7 Å². The summed E-state index contributed by atoms with van der Waals surface area (Å²) >= 11 is 0. The first kappa shape index (κ1) is 12.0. The molecule has 0 bridgehead atoms. The Labute approximate surface area is 88.8 Å². The quantitative estimate of drug-likeness (QED) is 0.701. The van der Waals surface area contributed by atoms with E-state index in [1.54, 1.807) is 6.92 Å². The van der Waals surface area contributed by atoms with Crippen molar-refractivity contribution in [3.8, 4) is 0 Å². The zero-order valence-electron chi connectivity index (χ0n) is 8.86. The van der Waals surface area contributed by atoms with Crippen molar-refractivity contribution in [1.82, 2.24) is 5.32 Å². The number of hydrogen-bond acceptors (Lipinski definition) is 3. The number of amides is 1. The van der Waals surface area contributed by atoms with Gasteiger partial charge in [-0.25, -0.2) is 4.79 Å². The van der Waals surface area contributed by atoms with E-state index in [0.717, 1.165) is 12.8 Å². The van der Waals surface area contributed by atoms with Crippen molar-refractivity contribution < 1.29 is 19.4 Å². The Bertz CT molecular complexity index is 236. The number of carbonyl (C=O) groups excluding carboxylic acids is 1. The van der Waals surface area contributed by atoms with Gasteiger partial charge in [0.05, 0.1) is 12.5 Å². The van der Waals surface area contributed by atoms with E-state index in [0.29, 0.717) is 13.0 Å². The Balaban J connectivity index is 2.30. The molecule has 1 aliphatic rings. The van der Waals surface area contributed by atoms with E-state index in [4.69, 9.17) is 9.84 Å². The lowest BCUT2D eigenvalue weighted by Gasteiger charge is -2.14. The molecule has 0 aromatic heterocycles. The minimum absolute atomic E-state index is 0.0312. The van der Waals surface area contributed by atoms with E-state index in [2.05, 4.69) is 5.32 Å². The van der Waals surface area contributed by atoms with Crippen LogP contribution in [0, 0.1) is 0 Å². The van der Waals surface area contributed by atoms with Gasteiger partial charge in [0.2, 0.25) is 5.91 Å².